The number of piperazine rings is 1. The summed E-state index contributed by atoms with van der Waals surface area (Å²) in [7, 11) is 2.19. The molecule has 1 amide bonds. The first-order valence-electron chi connectivity index (χ1n) is 17.7. The Morgan fingerprint density at radius 1 is 0.837 bits per heavy atom. The number of benzene rings is 3. The molecule has 9 nitrogen and oxygen atoms in total. The van der Waals surface area contributed by atoms with E-state index in [1.54, 1.807) is 6.20 Å². The first-order chi connectivity index (χ1) is 24.0. The molecule has 0 unspecified atom stereocenters. The van der Waals surface area contributed by atoms with Gasteiger partial charge < -0.3 is 30.3 Å². The summed E-state index contributed by atoms with van der Waals surface area (Å²) < 4.78 is 11.9. The number of hydrogen-bond donors (Lipinski definition) is 2. The van der Waals surface area contributed by atoms with E-state index in [9.17, 15) is 4.79 Å². The molecule has 0 radical (unpaired) electrons. The zero-order valence-electron chi connectivity index (χ0n) is 28.5. The topological polar surface area (TPSA) is 96.2 Å². The van der Waals surface area contributed by atoms with Crippen molar-refractivity contribution in [2.75, 3.05) is 70.2 Å². The average molecular weight is 661 g/mol. The monoisotopic (exact) mass is 660 g/mol. The summed E-state index contributed by atoms with van der Waals surface area (Å²) in [5.74, 6) is 0.0163. The van der Waals surface area contributed by atoms with Gasteiger partial charge in [-0.15, -0.1) is 0 Å². The highest BCUT2D eigenvalue weighted by molar-refractivity contribution is 5.99. The second kappa shape index (κ2) is 15.5. The summed E-state index contributed by atoms with van der Waals surface area (Å²) in [6.07, 6.45) is 4.46. The Hall–Kier alpha value is -4.28. The number of likely N-dealkylation sites (N-methyl/N-ethyl adjacent to an activating group) is 1. The lowest BCUT2D eigenvalue weighted by Crippen LogP contribution is -2.43. The minimum atomic E-state index is -0.212. The van der Waals surface area contributed by atoms with Gasteiger partial charge in [-0.05, 0) is 72.3 Å². The molecule has 2 atom stereocenters. The molecule has 3 aromatic carbocycles. The van der Waals surface area contributed by atoms with Crippen LogP contribution in [-0.2, 0) is 22.6 Å². The SMILES string of the molecule is CN1CCN(Cc2ccc(-c3ccc(CO[C@H]4CCC[C@@H]4NC(=O)c4cc(-c5ccc(N6CCOCC6)cc5)cnc4N)cc3)cc2)CC1. The maximum absolute atomic E-state index is 13.5. The standard InChI is InChI=1S/C40H48N6O3/c1-44-17-19-45(20-18-44)27-29-5-9-31(10-6-29)32-11-7-30(8-12-32)28-49-38-4-2-3-37(38)43-40(47)36-25-34(26-42-39(36)41)33-13-15-35(16-14-33)46-21-23-48-24-22-46/h5-16,25-26,37-38H,2-4,17-24,27-28H2,1H3,(H2,41,42)(H,43,47)/t37-,38-/m0/s1. The molecule has 1 aromatic heterocycles. The van der Waals surface area contributed by atoms with Gasteiger partial charge in [0.2, 0.25) is 0 Å². The zero-order chi connectivity index (χ0) is 33.6. The Morgan fingerprint density at radius 2 is 1.47 bits per heavy atom. The van der Waals surface area contributed by atoms with E-state index in [2.05, 4.69) is 105 Å². The van der Waals surface area contributed by atoms with E-state index in [-0.39, 0.29) is 23.9 Å². The van der Waals surface area contributed by atoms with Gasteiger partial charge in [-0.25, -0.2) is 4.98 Å². The van der Waals surface area contributed by atoms with Gasteiger partial charge in [-0.2, -0.15) is 0 Å². The van der Waals surface area contributed by atoms with E-state index in [0.717, 1.165) is 95.0 Å². The van der Waals surface area contributed by atoms with Crippen LogP contribution >= 0.6 is 0 Å². The normalized spacial score (nSPS) is 20.4. The van der Waals surface area contributed by atoms with Crippen LogP contribution in [-0.4, -0.2) is 92.4 Å². The number of carbonyl (C=O) groups excluding carboxylic acids is 1. The first-order valence-corrected chi connectivity index (χ1v) is 17.7. The number of nitrogen functional groups attached to an aromatic ring is 1. The van der Waals surface area contributed by atoms with Crippen molar-refractivity contribution in [3.05, 3.63) is 102 Å². The number of amides is 1. The highest BCUT2D eigenvalue weighted by Gasteiger charge is 2.30. The Labute approximate surface area is 290 Å². The molecule has 1 saturated carbocycles. The van der Waals surface area contributed by atoms with Crippen LogP contribution in [0.3, 0.4) is 0 Å². The van der Waals surface area contributed by atoms with Crippen molar-refractivity contribution in [3.8, 4) is 22.3 Å². The maximum atomic E-state index is 13.5. The fourth-order valence-electron chi connectivity index (χ4n) is 7.10. The molecular weight excluding hydrogens is 612 g/mol. The highest BCUT2D eigenvalue weighted by atomic mass is 16.5. The minimum absolute atomic E-state index is 0.0541. The van der Waals surface area contributed by atoms with Gasteiger partial charge in [-0.3, -0.25) is 9.69 Å². The Bertz CT molecular complexity index is 1680. The van der Waals surface area contributed by atoms with E-state index in [0.29, 0.717) is 12.2 Å². The van der Waals surface area contributed by atoms with Crippen molar-refractivity contribution in [3.63, 3.8) is 0 Å². The molecule has 2 saturated heterocycles. The second-order valence-corrected chi connectivity index (χ2v) is 13.6. The van der Waals surface area contributed by atoms with Gasteiger partial charge >= 0.3 is 0 Å². The largest absolute Gasteiger partial charge is 0.383 e. The molecule has 49 heavy (non-hydrogen) atoms. The number of hydrogen-bond acceptors (Lipinski definition) is 8. The number of ether oxygens (including phenoxy) is 2. The van der Waals surface area contributed by atoms with Gasteiger partial charge in [0.05, 0.1) is 37.5 Å². The number of carbonyl (C=O) groups is 1. The maximum Gasteiger partial charge on any atom is 0.255 e. The van der Waals surface area contributed by atoms with E-state index in [1.165, 1.54) is 22.4 Å². The third kappa shape index (κ3) is 8.31. The average Bonchev–Trinajstić information content (AvgIpc) is 3.59. The van der Waals surface area contributed by atoms with Gasteiger partial charge in [0, 0.05) is 63.3 Å². The van der Waals surface area contributed by atoms with Crippen LogP contribution in [0.15, 0.2) is 85.1 Å². The fraction of sp³-hybridized carbons (Fsp3) is 0.400. The predicted molar refractivity (Wildman–Crippen MR) is 195 cm³/mol. The predicted octanol–water partition coefficient (Wildman–Crippen LogP) is 5.45. The number of aromatic nitrogens is 1. The lowest BCUT2D eigenvalue weighted by molar-refractivity contribution is 0.0272. The third-order valence-electron chi connectivity index (χ3n) is 10.2. The number of nitrogens with zero attached hydrogens (tertiary/aromatic N) is 4. The summed E-state index contributed by atoms with van der Waals surface area (Å²) in [5, 5.41) is 3.21. The summed E-state index contributed by atoms with van der Waals surface area (Å²) >= 11 is 0. The van der Waals surface area contributed by atoms with Crippen molar-refractivity contribution in [1.82, 2.24) is 20.1 Å². The lowest BCUT2D eigenvalue weighted by atomic mass is 10.0. The van der Waals surface area contributed by atoms with Gasteiger partial charge in [0.1, 0.15) is 5.82 Å². The molecule has 0 bridgehead atoms. The molecular formula is C40H48N6O3. The summed E-state index contributed by atoms with van der Waals surface area (Å²) in [6, 6.07) is 27.7. The number of nitrogens with two attached hydrogens (primary N) is 1. The Morgan fingerprint density at radius 3 is 2.16 bits per heavy atom. The molecule has 7 rings (SSSR count). The fourth-order valence-corrected chi connectivity index (χ4v) is 7.10. The number of nitrogens with one attached hydrogen (secondary N) is 1. The van der Waals surface area contributed by atoms with Crippen molar-refractivity contribution < 1.29 is 14.3 Å². The summed E-state index contributed by atoms with van der Waals surface area (Å²) in [4.78, 5) is 25.1. The third-order valence-corrected chi connectivity index (χ3v) is 10.2. The number of morpholine rings is 1. The number of rotatable bonds is 10. The molecule has 1 aliphatic carbocycles. The van der Waals surface area contributed by atoms with E-state index in [1.807, 2.05) is 6.07 Å². The van der Waals surface area contributed by atoms with Crippen LogP contribution in [0.5, 0.6) is 0 Å². The zero-order valence-corrected chi connectivity index (χ0v) is 28.5. The van der Waals surface area contributed by atoms with Crippen LogP contribution in [0, 0.1) is 0 Å². The molecule has 3 aliphatic rings. The molecule has 0 spiro atoms. The first kappa shape index (κ1) is 33.2. The van der Waals surface area contributed by atoms with E-state index in [4.69, 9.17) is 15.2 Å². The minimum Gasteiger partial charge on any atom is -0.383 e. The number of anilines is 2. The summed E-state index contributed by atoms with van der Waals surface area (Å²) in [5.41, 5.74) is 14.5. The Kier molecular flexibility index (Phi) is 10.5. The smallest absolute Gasteiger partial charge is 0.255 e. The molecule has 3 fully saturated rings. The lowest BCUT2D eigenvalue weighted by Gasteiger charge is -2.32. The number of pyridine rings is 1. The van der Waals surface area contributed by atoms with Crippen LogP contribution in [0.25, 0.3) is 22.3 Å². The van der Waals surface area contributed by atoms with E-state index >= 15 is 0 Å². The van der Waals surface area contributed by atoms with E-state index < -0.39 is 0 Å². The van der Waals surface area contributed by atoms with Crippen LogP contribution in [0.1, 0.15) is 40.7 Å². The van der Waals surface area contributed by atoms with Crippen LogP contribution < -0.4 is 16.0 Å². The quantitative estimate of drug-likeness (QED) is 0.232. The molecule has 9 heteroatoms. The van der Waals surface area contributed by atoms with Crippen molar-refractivity contribution >= 4 is 17.4 Å². The highest BCUT2D eigenvalue weighted by Crippen LogP contribution is 2.28. The molecule has 2 aliphatic heterocycles. The molecule has 3 heterocycles. The van der Waals surface area contributed by atoms with Gasteiger partial charge in [0.25, 0.3) is 5.91 Å². The molecule has 256 valence electrons. The van der Waals surface area contributed by atoms with Crippen molar-refractivity contribution in [1.29, 1.82) is 0 Å². The van der Waals surface area contributed by atoms with Crippen LogP contribution in [0.4, 0.5) is 11.5 Å². The van der Waals surface area contributed by atoms with Gasteiger partial charge in [0.15, 0.2) is 0 Å². The van der Waals surface area contributed by atoms with Gasteiger partial charge in [-0.1, -0.05) is 60.7 Å². The van der Waals surface area contributed by atoms with Crippen LogP contribution in [0.2, 0.25) is 0 Å². The second-order valence-electron chi connectivity index (χ2n) is 13.6. The Balaban J connectivity index is 0.921. The molecule has 3 N–H and O–H groups in total. The van der Waals surface area contributed by atoms with Crippen molar-refractivity contribution in [2.45, 2.75) is 44.6 Å². The van der Waals surface area contributed by atoms with Crippen molar-refractivity contribution in [2.24, 2.45) is 0 Å². The summed E-state index contributed by atoms with van der Waals surface area (Å²) in [6.45, 7) is 9.30. The molecule has 4 aromatic rings.